The van der Waals surface area contributed by atoms with E-state index in [0.29, 0.717) is 11.5 Å². The minimum Gasteiger partial charge on any atom is -0.316 e. The maximum atomic E-state index is 11.9. The van der Waals surface area contributed by atoms with Crippen LogP contribution in [-0.4, -0.2) is 35.9 Å². The fourth-order valence-corrected chi connectivity index (χ4v) is 1.57. The second-order valence-electron chi connectivity index (χ2n) is 3.61. The molecule has 0 radical (unpaired) electrons. The van der Waals surface area contributed by atoms with Gasteiger partial charge in [0.1, 0.15) is 6.33 Å². The summed E-state index contributed by atoms with van der Waals surface area (Å²) in [5, 5.41) is 12.9. The summed E-state index contributed by atoms with van der Waals surface area (Å²) in [6.07, 6.45) is 6.27. The van der Waals surface area contributed by atoms with E-state index in [1.165, 1.54) is 6.33 Å². The highest BCUT2D eigenvalue weighted by atomic mass is 16.2. The Bertz CT molecular complexity index is 675. The number of carbonyl (C=O) groups is 1. The molecule has 0 atom stereocenters. The zero-order valence-electron chi connectivity index (χ0n) is 9.69. The van der Waals surface area contributed by atoms with E-state index < -0.39 is 0 Å². The second kappa shape index (κ2) is 4.69. The van der Waals surface area contributed by atoms with E-state index in [4.69, 9.17) is 0 Å². The summed E-state index contributed by atoms with van der Waals surface area (Å²) in [6.45, 7) is 0. The zero-order chi connectivity index (χ0) is 13.1. The predicted molar refractivity (Wildman–Crippen MR) is 65.7 cm³/mol. The Labute approximate surface area is 107 Å². The lowest BCUT2D eigenvalue weighted by Crippen LogP contribution is -2.16. The topological polar surface area (TPSA) is 101 Å². The van der Waals surface area contributed by atoms with E-state index in [0.717, 1.165) is 0 Å². The van der Waals surface area contributed by atoms with Crippen LogP contribution in [-0.2, 0) is 0 Å². The molecule has 3 rings (SSSR count). The standard InChI is InChI=1S/C11H9N7O/c19-11(9-13-7-14-17-9)16-8-3-1-4-12-10(8)18-6-2-5-15-18/h1-7H,(H,16,19)(H,13,14,17). The summed E-state index contributed by atoms with van der Waals surface area (Å²) < 4.78 is 1.57. The van der Waals surface area contributed by atoms with E-state index in [-0.39, 0.29) is 11.7 Å². The maximum absolute atomic E-state index is 11.9. The molecule has 3 heterocycles. The number of pyridine rings is 1. The van der Waals surface area contributed by atoms with Crippen LogP contribution in [0.2, 0.25) is 0 Å². The number of amides is 1. The van der Waals surface area contributed by atoms with E-state index in [2.05, 4.69) is 30.6 Å². The Morgan fingerprint density at radius 1 is 1.26 bits per heavy atom. The zero-order valence-corrected chi connectivity index (χ0v) is 9.69. The van der Waals surface area contributed by atoms with Gasteiger partial charge in [0, 0.05) is 18.6 Å². The Morgan fingerprint density at radius 2 is 2.21 bits per heavy atom. The Morgan fingerprint density at radius 3 is 2.95 bits per heavy atom. The molecule has 0 aliphatic heterocycles. The summed E-state index contributed by atoms with van der Waals surface area (Å²) in [4.78, 5) is 19.9. The van der Waals surface area contributed by atoms with Crippen molar-refractivity contribution in [3.63, 3.8) is 0 Å². The van der Waals surface area contributed by atoms with Crippen molar-refractivity contribution in [2.45, 2.75) is 0 Å². The molecule has 1 amide bonds. The second-order valence-corrected chi connectivity index (χ2v) is 3.61. The average molecular weight is 255 g/mol. The number of H-pyrrole nitrogens is 1. The van der Waals surface area contributed by atoms with Crippen molar-refractivity contribution in [1.82, 2.24) is 29.9 Å². The van der Waals surface area contributed by atoms with Gasteiger partial charge in [0.2, 0.25) is 5.82 Å². The van der Waals surface area contributed by atoms with Gasteiger partial charge < -0.3 is 5.32 Å². The summed E-state index contributed by atoms with van der Waals surface area (Å²) in [5.74, 6) is 0.273. The van der Waals surface area contributed by atoms with Gasteiger partial charge in [-0.2, -0.15) is 10.2 Å². The van der Waals surface area contributed by atoms with Crippen LogP contribution < -0.4 is 5.32 Å². The number of rotatable bonds is 3. The Kier molecular flexibility index (Phi) is 2.73. The first-order valence-electron chi connectivity index (χ1n) is 5.46. The summed E-state index contributed by atoms with van der Waals surface area (Å²) in [7, 11) is 0. The van der Waals surface area contributed by atoms with Gasteiger partial charge in [0.15, 0.2) is 5.82 Å². The lowest BCUT2D eigenvalue weighted by molar-refractivity contribution is 0.101. The fraction of sp³-hybridized carbons (Fsp3) is 0. The van der Waals surface area contributed by atoms with Gasteiger partial charge in [0.25, 0.3) is 5.91 Å². The number of aromatic nitrogens is 6. The number of anilines is 1. The van der Waals surface area contributed by atoms with Crippen LogP contribution in [0.5, 0.6) is 0 Å². The van der Waals surface area contributed by atoms with Crippen molar-refractivity contribution in [1.29, 1.82) is 0 Å². The van der Waals surface area contributed by atoms with Gasteiger partial charge in [-0.3, -0.25) is 9.89 Å². The summed E-state index contributed by atoms with van der Waals surface area (Å²) >= 11 is 0. The number of hydrogen-bond donors (Lipinski definition) is 2. The number of hydrogen-bond acceptors (Lipinski definition) is 5. The molecule has 0 unspecified atom stereocenters. The van der Waals surface area contributed by atoms with Crippen molar-refractivity contribution in [2.24, 2.45) is 0 Å². The average Bonchev–Trinajstić information content (AvgIpc) is 3.13. The van der Waals surface area contributed by atoms with Gasteiger partial charge in [-0.25, -0.2) is 14.6 Å². The van der Waals surface area contributed by atoms with Crippen molar-refractivity contribution >= 4 is 11.6 Å². The lowest BCUT2D eigenvalue weighted by Gasteiger charge is -2.08. The van der Waals surface area contributed by atoms with Crippen LogP contribution in [0.25, 0.3) is 5.82 Å². The number of nitrogens with one attached hydrogen (secondary N) is 2. The molecule has 19 heavy (non-hydrogen) atoms. The lowest BCUT2D eigenvalue weighted by atomic mass is 10.3. The number of carbonyl (C=O) groups excluding carboxylic acids is 1. The van der Waals surface area contributed by atoms with Gasteiger partial charge in [0.05, 0.1) is 5.69 Å². The quantitative estimate of drug-likeness (QED) is 0.715. The van der Waals surface area contributed by atoms with Crippen molar-refractivity contribution < 1.29 is 4.79 Å². The summed E-state index contributed by atoms with van der Waals surface area (Å²) in [5.41, 5.74) is 0.535. The molecular weight excluding hydrogens is 246 g/mol. The van der Waals surface area contributed by atoms with Crippen LogP contribution in [0, 0.1) is 0 Å². The highest BCUT2D eigenvalue weighted by molar-refractivity contribution is 6.02. The third-order valence-corrected chi connectivity index (χ3v) is 2.39. The largest absolute Gasteiger partial charge is 0.316 e. The number of aromatic amines is 1. The Hall–Kier alpha value is -3.03. The highest BCUT2D eigenvalue weighted by Gasteiger charge is 2.12. The molecular formula is C11H9N7O. The van der Waals surface area contributed by atoms with Crippen molar-refractivity contribution in [3.8, 4) is 5.82 Å². The van der Waals surface area contributed by atoms with Crippen LogP contribution in [0.4, 0.5) is 5.69 Å². The number of nitrogens with zero attached hydrogens (tertiary/aromatic N) is 5. The SMILES string of the molecule is O=C(Nc1cccnc1-n1cccn1)c1ncn[nH]1. The molecule has 2 N–H and O–H groups in total. The monoisotopic (exact) mass is 255 g/mol. The van der Waals surface area contributed by atoms with E-state index in [9.17, 15) is 4.79 Å². The molecule has 0 spiro atoms. The van der Waals surface area contributed by atoms with Crippen LogP contribution in [0.3, 0.4) is 0 Å². The van der Waals surface area contributed by atoms with Crippen molar-refractivity contribution in [3.05, 3.63) is 48.9 Å². The van der Waals surface area contributed by atoms with E-state index >= 15 is 0 Å². The molecule has 0 aliphatic carbocycles. The maximum Gasteiger partial charge on any atom is 0.293 e. The third-order valence-electron chi connectivity index (χ3n) is 2.39. The van der Waals surface area contributed by atoms with E-state index in [1.807, 2.05) is 0 Å². The van der Waals surface area contributed by atoms with Crippen LogP contribution in [0.1, 0.15) is 10.6 Å². The smallest absolute Gasteiger partial charge is 0.293 e. The molecule has 0 saturated heterocycles. The molecule has 8 nitrogen and oxygen atoms in total. The Balaban J connectivity index is 1.92. The molecule has 0 saturated carbocycles. The molecule has 0 aromatic carbocycles. The van der Waals surface area contributed by atoms with Gasteiger partial charge >= 0.3 is 0 Å². The van der Waals surface area contributed by atoms with Gasteiger partial charge in [-0.1, -0.05) is 0 Å². The molecule has 0 aliphatic rings. The molecule has 8 heteroatoms. The minimum atomic E-state index is -0.390. The molecule has 3 aromatic rings. The highest BCUT2D eigenvalue weighted by Crippen LogP contribution is 2.16. The normalized spacial score (nSPS) is 10.3. The van der Waals surface area contributed by atoms with Crippen LogP contribution in [0.15, 0.2) is 43.1 Å². The molecule has 3 aromatic heterocycles. The molecule has 0 fully saturated rings. The first kappa shape index (κ1) is 11.1. The van der Waals surface area contributed by atoms with E-state index in [1.54, 1.807) is 41.5 Å². The molecule has 94 valence electrons. The van der Waals surface area contributed by atoms with Gasteiger partial charge in [-0.15, -0.1) is 0 Å². The predicted octanol–water partition coefficient (Wildman–Crippen LogP) is 0.638. The molecule has 0 bridgehead atoms. The van der Waals surface area contributed by atoms with Crippen molar-refractivity contribution in [2.75, 3.05) is 5.32 Å². The first-order valence-corrected chi connectivity index (χ1v) is 5.46. The third kappa shape index (κ3) is 2.18. The fourth-order valence-electron chi connectivity index (χ4n) is 1.57. The first-order chi connectivity index (χ1) is 9.34. The van der Waals surface area contributed by atoms with Gasteiger partial charge in [-0.05, 0) is 18.2 Å². The summed E-state index contributed by atoms with van der Waals surface area (Å²) in [6, 6.07) is 5.23. The van der Waals surface area contributed by atoms with Crippen LogP contribution >= 0.6 is 0 Å². The minimum absolute atomic E-state index is 0.135.